The molecule has 0 amide bonds. The van der Waals surface area contributed by atoms with Crippen LogP contribution in [0.2, 0.25) is 0 Å². The normalized spacial score (nSPS) is 27.8. The summed E-state index contributed by atoms with van der Waals surface area (Å²) in [5, 5.41) is 9.06. The average Bonchev–Trinajstić information content (AvgIpc) is 2.16. The van der Waals surface area contributed by atoms with Crippen LogP contribution in [-0.4, -0.2) is 29.4 Å². The van der Waals surface area contributed by atoms with Crippen molar-refractivity contribution in [2.45, 2.75) is 19.6 Å². The van der Waals surface area contributed by atoms with Crippen molar-refractivity contribution in [1.82, 2.24) is 0 Å². The molecule has 16 heavy (non-hydrogen) atoms. The molecule has 5 heteroatoms. The minimum Gasteiger partial charge on any atom is -0.481 e. The molecule has 1 rings (SSSR count). The fourth-order valence-corrected chi connectivity index (χ4v) is 1.57. The fraction of sp³-hybridized carbons (Fsp3) is 0.455. The summed E-state index contributed by atoms with van der Waals surface area (Å²) in [7, 11) is 0. The van der Waals surface area contributed by atoms with Gasteiger partial charge in [0.15, 0.2) is 0 Å². The van der Waals surface area contributed by atoms with E-state index in [-0.39, 0.29) is 6.61 Å². The molecule has 0 spiro atoms. The van der Waals surface area contributed by atoms with Gasteiger partial charge in [0.2, 0.25) is 0 Å². The standard InChI is InChI=1S/C11H14O5/c1-3-15-11(16-8(2)12)7-5-4-6-9(11)10(13)14/h4-7,9H,3H2,1-2H3,(H,13,14). The van der Waals surface area contributed by atoms with Gasteiger partial charge < -0.3 is 14.6 Å². The topological polar surface area (TPSA) is 72.8 Å². The number of carbonyl (C=O) groups excluding carboxylic acids is 1. The first-order valence-electron chi connectivity index (χ1n) is 4.94. The average molecular weight is 226 g/mol. The number of ether oxygens (including phenoxy) is 2. The second-order valence-electron chi connectivity index (χ2n) is 3.31. The van der Waals surface area contributed by atoms with Crippen LogP contribution in [-0.2, 0) is 19.1 Å². The molecular formula is C11H14O5. The number of esters is 1. The molecule has 0 heterocycles. The molecule has 2 atom stereocenters. The zero-order valence-corrected chi connectivity index (χ0v) is 9.17. The van der Waals surface area contributed by atoms with Crippen LogP contribution >= 0.6 is 0 Å². The third-order valence-corrected chi connectivity index (χ3v) is 2.12. The van der Waals surface area contributed by atoms with Gasteiger partial charge in [0, 0.05) is 13.5 Å². The molecule has 0 bridgehead atoms. The van der Waals surface area contributed by atoms with Crippen molar-refractivity contribution in [2.75, 3.05) is 6.61 Å². The lowest BCUT2D eigenvalue weighted by Gasteiger charge is -2.34. The lowest BCUT2D eigenvalue weighted by atomic mass is 9.93. The minimum absolute atomic E-state index is 0.245. The van der Waals surface area contributed by atoms with Gasteiger partial charge in [0.25, 0.3) is 5.79 Å². The van der Waals surface area contributed by atoms with Gasteiger partial charge in [-0.2, -0.15) is 0 Å². The maximum Gasteiger partial charge on any atom is 0.317 e. The molecule has 5 nitrogen and oxygen atoms in total. The van der Waals surface area contributed by atoms with Crippen LogP contribution < -0.4 is 0 Å². The Balaban J connectivity index is 3.04. The maximum absolute atomic E-state index is 11.1. The van der Waals surface area contributed by atoms with E-state index >= 15 is 0 Å². The number of hydrogen-bond acceptors (Lipinski definition) is 4. The second kappa shape index (κ2) is 4.94. The molecule has 1 aliphatic rings. The third kappa shape index (κ3) is 2.49. The molecular weight excluding hydrogens is 212 g/mol. The first kappa shape index (κ1) is 12.4. The molecule has 0 saturated heterocycles. The van der Waals surface area contributed by atoms with E-state index in [2.05, 4.69) is 0 Å². The van der Waals surface area contributed by atoms with Crippen molar-refractivity contribution < 1.29 is 24.2 Å². The van der Waals surface area contributed by atoms with E-state index < -0.39 is 23.6 Å². The monoisotopic (exact) mass is 226 g/mol. The summed E-state index contributed by atoms with van der Waals surface area (Å²) >= 11 is 0. The Morgan fingerprint density at radius 2 is 2.12 bits per heavy atom. The number of aliphatic carboxylic acids is 1. The van der Waals surface area contributed by atoms with Crippen molar-refractivity contribution in [3.8, 4) is 0 Å². The highest BCUT2D eigenvalue weighted by Crippen LogP contribution is 2.30. The largest absolute Gasteiger partial charge is 0.481 e. The predicted molar refractivity (Wildman–Crippen MR) is 55.5 cm³/mol. The van der Waals surface area contributed by atoms with E-state index in [1.165, 1.54) is 19.1 Å². The first-order valence-corrected chi connectivity index (χ1v) is 4.94. The van der Waals surface area contributed by atoms with E-state index in [9.17, 15) is 9.59 Å². The molecule has 88 valence electrons. The van der Waals surface area contributed by atoms with Crippen LogP contribution in [0.4, 0.5) is 0 Å². The Morgan fingerprint density at radius 1 is 1.44 bits per heavy atom. The summed E-state index contributed by atoms with van der Waals surface area (Å²) in [5.41, 5.74) is 0. The molecule has 0 aliphatic heterocycles. The van der Waals surface area contributed by atoms with Crippen molar-refractivity contribution in [2.24, 2.45) is 5.92 Å². The van der Waals surface area contributed by atoms with Gasteiger partial charge in [-0.25, -0.2) is 0 Å². The molecule has 1 aliphatic carbocycles. The summed E-state index contributed by atoms with van der Waals surface area (Å²) in [6.45, 7) is 3.16. The number of carbonyl (C=O) groups is 2. The quantitative estimate of drug-likeness (QED) is 0.574. The van der Waals surface area contributed by atoms with Crippen LogP contribution in [0.5, 0.6) is 0 Å². The Morgan fingerprint density at radius 3 is 2.62 bits per heavy atom. The van der Waals surface area contributed by atoms with Gasteiger partial charge in [0.1, 0.15) is 5.92 Å². The van der Waals surface area contributed by atoms with Crippen LogP contribution in [0.15, 0.2) is 24.3 Å². The Hall–Kier alpha value is -1.62. The van der Waals surface area contributed by atoms with Crippen molar-refractivity contribution in [3.05, 3.63) is 24.3 Å². The number of allylic oxidation sites excluding steroid dienone is 2. The van der Waals surface area contributed by atoms with E-state index in [0.29, 0.717) is 0 Å². The molecule has 0 radical (unpaired) electrons. The second-order valence-corrected chi connectivity index (χ2v) is 3.31. The summed E-state index contributed by atoms with van der Waals surface area (Å²) in [6.07, 6.45) is 6.05. The summed E-state index contributed by atoms with van der Waals surface area (Å²) < 4.78 is 10.3. The third-order valence-electron chi connectivity index (χ3n) is 2.12. The number of carboxylic acid groups (broad SMARTS) is 1. The van der Waals surface area contributed by atoms with Crippen LogP contribution in [0.3, 0.4) is 0 Å². The minimum atomic E-state index is -1.53. The lowest BCUT2D eigenvalue weighted by molar-refractivity contribution is -0.224. The van der Waals surface area contributed by atoms with Crippen molar-refractivity contribution >= 4 is 11.9 Å². The van der Waals surface area contributed by atoms with Gasteiger partial charge >= 0.3 is 11.9 Å². The van der Waals surface area contributed by atoms with Crippen molar-refractivity contribution in [1.29, 1.82) is 0 Å². The highest BCUT2D eigenvalue weighted by Gasteiger charge is 2.45. The predicted octanol–water partition coefficient (Wildman–Crippen LogP) is 1.11. The highest BCUT2D eigenvalue weighted by atomic mass is 16.7. The smallest absolute Gasteiger partial charge is 0.317 e. The van der Waals surface area contributed by atoms with E-state index in [1.807, 2.05) is 0 Å². The van der Waals surface area contributed by atoms with Gasteiger partial charge in [-0.3, -0.25) is 9.59 Å². The molecule has 0 aromatic carbocycles. The summed E-state index contributed by atoms with van der Waals surface area (Å²) in [4.78, 5) is 22.1. The van der Waals surface area contributed by atoms with E-state index in [0.717, 1.165) is 0 Å². The maximum atomic E-state index is 11.1. The van der Waals surface area contributed by atoms with Crippen LogP contribution in [0.1, 0.15) is 13.8 Å². The highest BCUT2D eigenvalue weighted by molar-refractivity contribution is 5.76. The number of rotatable bonds is 4. The van der Waals surface area contributed by atoms with Gasteiger partial charge in [-0.15, -0.1) is 0 Å². The molecule has 0 fully saturated rings. The number of carboxylic acids is 1. The molecule has 1 N–H and O–H groups in total. The molecule has 0 saturated carbocycles. The fourth-order valence-electron chi connectivity index (χ4n) is 1.57. The van der Waals surface area contributed by atoms with Crippen molar-refractivity contribution in [3.63, 3.8) is 0 Å². The molecule has 0 aromatic heterocycles. The zero-order chi connectivity index (χ0) is 12.2. The van der Waals surface area contributed by atoms with E-state index in [1.54, 1.807) is 19.1 Å². The Bertz CT molecular complexity index is 344. The van der Waals surface area contributed by atoms with Crippen LogP contribution in [0.25, 0.3) is 0 Å². The summed E-state index contributed by atoms with van der Waals surface area (Å²) in [5.74, 6) is -4.24. The Labute approximate surface area is 93.3 Å². The summed E-state index contributed by atoms with van der Waals surface area (Å²) in [6, 6.07) is 0. The SMILES string of the molecule is CCOC1(OC(C)=O)C=CC=CC1C(=O)O. The zero-order valence-electron chi connectivity index (χ0n) is 9.17. The first-order chi connectivity index (χ1) is 7.52. The molecule has 0 aromatic rings. The lowest BCUT2D eigenvalue weighted by Crippen LogP contribution is -2.46. The number of hydrogen-bond donors (Lipinski definition) is 1. The van der Waals surface area contributed by atoms with Gasteiger partial charge in [-0.1, -0.05) is 18.2 Å². The van der Waals surface area contributed by atoms with Gasteiger partial charge in [0.05, 0.1) is 0 Å². The van der Waals surface area contributed by atoms with Crippen LogP contribution in [0, 0.1) is 5.92 Å². The van der Waals surface area contributed by atoms with Gasteiger partial charge in [-0.05, 0) is 13.0 Å². The Kier molecular flexibility index (Phi) is 3.84. The van der Waals surface area contributed by atoms with E-state index in [4.69, 9.17) is 14.6 Å². The molecule has 2 unspecified atom stereocenters.